The molecule has 0 amide bonds. The minimum atomic E-state index is -0.931. The zero-order chi connectivity index (χ0) is 15.9. The Hall–Kier alpha value is -2.02. The standard InChI is InChI=1S/C17H14INO3/c1-10-16(17(20)21)14-9-13(22-2)7-8-15(14)19(10)12-5-3-11(18)4-6-12/h3-9H,1-2H3,(H,20,21). The molecule has 0 saturated carbocycles. The zero-order valence-corrected chi connectivity index (χ0v) is 14.3. The molecule has 0 spiro atoms. The summed E-state index contributed by atoms with van der Waals surface area (Å²) in [5.74, 6) is -0.283. The molecule has 0 saturated heterocycles. The molecule has 0 unspecified atom stereocenters. The third-order valence-corrected chi connectivity index (χ3v) is 4.43. The van der Waals surface area contributed by atoms with E-state index in [0.29, 0.717) is 22.4 Å². The molecule has 1 N–H and O–H groups in total. The van der Waals surface area contributed by atoms with Crippen LogP contribution in [0.5, 0.6) is 5.75 Å². The van der Waals surface area contributed by atoms with Crippen molar-refractivity contribution in [2.24, 2.45) is 0 Å². The van der Waals surface area contributed by atoms with Crippen LogP contribution in [0, 0.1) is 10.5 Å². The van der Waals surface area contributed by atoms with Gasteiger partial charge in [0.15, 0.2) is 0 Å². The van der Waals surface area contributed by atoms with Crippen LogP contribution in [0.15, 0.2) is 42.5 Å². The van der Waals surface area contributed by atoms with E-state index in [1.165, 1.54) is 0 Å². The van der Waals surface area contributed by atoms with Crippen molar-refractivity contribution in [3.63, 3.8) is 0 Å². The van der Waals surface area contributed by atoms with E-state index in [2.05, 4.69) is 22.6 Å². The first kappa shape index (κ1) is 14.9. The number of methoxy groups -OCH3 is 1. The molecule has 0 aliphatic heterocycles. The molecule has 112 valence electrons. The predicted molar refractivity (Wildman–Crippen MR) is 94.2 cm³/mol. The van der Waals surface area contributed by atoms with Gasteiger partial charge in [-0.15, -0.1) is 0 Å². The minimum absolute atomic E-state index is 0.312. The molecule has 3 rings (SSSR count). The second-order valence-corrected chi connectivity index (χ2v) is 6.21. The first-order chi connectivity index (χ1) is 10.5. The lowest BCUT2D eigenvalue weighted by Gasteiger charge is -2.09. The predicted octanol–water partition coefficient (Wildman–Crippen LogP) is 4.25. The SMILES string of the molecule is COc1ccc2c(c1)c(C(=O)O)c(C)n2-c1ccc(I)cc1. The number of halogens is 1. The van der Waals surface area contributed by atoms with Crippen molar-refractivity contribution in [2.75, 3.05) is 7.11 Å². The van der Waals surface area contributed by atoms with Gasteiger partial charge >= 0.3 is 5.97 Å². The number of carboxylic acid groups (broad SMARTS) is 1. The molecule has 1 aromatic heterocycles. The Morgan fingerprint density at radius 1 is 1.18 bits per heavy atom. The largest absolute Gasteiger partial charge is 0.497 e. The summed E-state index contributed by atoms with van der Waals surface area (Å²) in [6, 6.07) is 13.5. The lowest BCUT2D eigenvalue weighted by Crippen LogP contribution is -2.01. The van der Waals surface area contributed by atoms with Crippen molar-refractivity contribution >= 4 is 39.5 Å². The summed E-state index contributed by atoms with van der Waals surface area (Å²) >= 11 is 2.25. The second-order valence-electron chi connectivity index (χ2n) is 4.96. The van der Waals surface area contributed by atoms with E-state index in [0.717, 1.165) is 14.8 Å². The van der Waals surface area contributed by atoms with Crippen LogP contribution in [-0.4, -0.2) is 22.8 Å². The number of rotatable bonds is 3. The van der Waals surface area contributed by atoms with Crippen LogP contribution < -0.4 is 4.74 Å². The van der Waals surface area contributed by atoms with Gasteiger partial charge in [0.25, 0.3) is 0 Å². The van der Waals surface area contributed by atoms with Gasteiger partial charge < -0.3 is 14.4 Å². The van der Waals surface area contributed by atoms with E-state index in [1.54, 1.807) is 13.2 Å². The highest BCUT2D eigenvalue weighted by atomic mass is 127. The highest BCUT2D eigenvalue weighted by Gasteiger charge is 2.20. The van der Waals surface area contributed by atoms with E-state index in [1.807, 2.05) is 47.9 Å². The summed E-state index contributed by atoms with van der Waals surface area (Å²) < 4.78 is 8.33. The van der Waals surface area contributed by atoms with Crippen LogP contribution >= 0.6 is 22.6 Å². The number of carboxylic acids is 1. The number of carbonyl (C=O) groups is 1. The Balaban J connectivity index is 2.37. The zero-order valence-electron chi connectivity index (χ0n) is 12.1. The van der Waals surface area contributed by atoms with Gasteiger partial charge in [0, 0.05) is 20.3 Å². The third kappa shape index (κ3) is 2.35. The van der Waals surface area contributed by atoms with Crippen LogP contribution in [-0.2, 0) is 0 Å². The number of aromatic nitrogens is 1. The summed E-state index contributed by atoms with van der Waals surface area (Å²) in [5.41, 5.74) is 2.82. The fraction of sp³-hybridized carbons (Fsp3) is 0.118. The van der Waals surface area contributed by atoms with Gasteiger partial charge in [0.1, 0.15) is 5.75 Å². The van der Waals surface area contributed by atoms with Crippen LogP contribution in [0.2, 0.25) is 0 Å². The Kier molecular flexibility index (Phi) is 3.82. The maximum Gasteiger partial charge on any atom is 0.338 e. The van der Waals surface area contributed by atoms with Crippen LogP contribution in [0.25, 0.3) is 16.6 Å². The Labute approximate surface area is 141 Å². The highest BCUT2D eigenvalue weighted by Crippen LogP contribution is 2.32. The maximum atomic E-state index is 11.7. The molecule has 0 bridgehead atoms. The molecule has 3 aromatic rings. The molecule has 2 aromatic carbocycles. The van der Waals surface area contributed by atoms with Crippen molar-refractivity contribution in [1.29, 1.82) is 0 Å². The summed E-state index contributed by atoms with van der Waals surface area (Å²) in [6.45, 7) is 1.83. The van der Waals surface area contributed by atoms with E-state index >= 15 is 0 Å². The van der Waals surface area contributed by atoms with Crippen LogP contribution in [0.4, 0.5) is 0 Å². The van der Waals surface area contributed by atoms with Crippen molar-refractivity contribution in [1.82, 2.24) is 4.57 Å². The summed E-state index contributed by atoms with van der Waals surface area (Å²) in [6.07, 6.45) is 0. The smallest absolute Gasteiger partial charge is 0.338 e. The topological polar surface area (TPSA) is 51.5 Å². The van der Waals surface area contributed by atoms with Gasteiger partial charge in [-0.05, 0) is 72.0 Å². The van der Waals surface area contributed by atoms with Crippen molar-refractivity contribution in [3.8, 4) is 11.4 Å². The van der Waals surface area contributed by atoms with Gasteiger partial charge in [-0.3, -0.25) is 0 Å². The molecule has 0 fully saturated rings. The molecule has 0 atom stereocenters. The van der Waals surface area contributed by atoms with E-state index < -0.39 is 5.97 Å². The number of benzene rings is 2. The number of ether oxygens (including phenoxy) is 1. The number of hydrogen-bond donors (Lipinski definition) is 1. The molecule has 0 aliphatic rings. The number of aromatic carboxylic acids is 1. The number of nitrogens with zero attached hydrogens (tertiary/aromatic N) is 1. The lowest BCUT2D eigenvalue weighted by atomic mass is 10.1. The van der Waals surface area contributed by atoms with Gasteiger partial charge in [-0.25, -0.2) is 4.79 Å². The number of hydrogen-bond acceptors (Lipinski definition) is 2. The third-order valence-electron chi connectivity index (χ3n) is 3.71. The first-order valence-corrected chi connectivity index (χ1v) is 7.79. The van der Waals surface area contributed by atoms with E-state index in [4.69, 9.17) is 4.74 Å². The van der Waals surface area contributed by atoms with Crippen molar-refractivity contribution in [3.05, 3.63) is 57.3 Å². The fourth-order valence-corrected chi connectivity index (χ4v) is 3.08. The first-order valence-electron chi connectivity index (χ1n) is 6.71. The molecule has 5 heteroatoms. The average Bonchev–Trinajstić information content (AvgIpc) is 2.79. The Bertz CT molecular complexity index is 866. The van der Waals surface area contributed by atoms with E-state index in [9.17, 15) is 9.90 Å². The maximum absolute atomic E-state index is 11.7. The van der Waals surface area contributed by atoms with Gasteiger partial charge in [-0.1, -0.05) is 0 Å². The van der Waals surface area contributed by atoms with Gasteiger partial charge in [0.2, 0.25) is 0 Å². The van der Waals surface area contributed by atoms with Gasteiger partial charge in [-0.2, -0.15) is 0 Å². The van der Waals surface area contributed by atoms with Crippen molar-refractivity contribution in [2.45, 2.75) is 6.92 Å². The van der Waals surface area contributed by atoms with Gasteiger partial charge in [0.05, 0.1) is 18.2 Å². The quantitative estimate of drug-likeness (QED) is 0.661. The van der Waals surface area contributed by atoms with E-state index in [-0.39, 0.29) is 0 Å². The Morgan fingerprint density at radius 3 is 2.45 bits per heavy atom. The number of fused-ring (bicyclic) bond motifs is 1. The van der Waals surface area contributed by atoms with Crippen molar-refractivity contribution < 1.29 is 14.6 Å². The molecule has 0 aliphatic carbocycles. The monoisotopic (exact) mass is 407 g/mol. The molecular weight excluding hydrogens is 393 g/mol. The summed E-state index contributed by atoms with van der Waals surface area (Å²) in [5, 5.41) is 10.3. The lowest BCUT2D eigenvalue weighted by molar-refractivity contribution is 0.0698. The molecule has 1 heterocycles. The summed E-state index contributed by atoms with van der Waals surface area (Å²) in [4.78, 5) is 11.7. The molecule has 0 radical (unpaired) electrons. The average molecular weight is 407 g/mol. The Morgan fingerprint density at radius 2 is 1.86 bits per heavy atom. The molecule has 22 heavy (non-hydrogen) atoms. The van der Waals surface area contributed by atoms with Crippen LogP contribution in [0.1, 0.15) is 16.1 Å². The minimum Gasteiger partial charge on any atom is -0.497 e. The molecular formula is C17H14INO3. The highest BCUT2D eigenvalue weighted by molar-refractivity contribution is 14.1. The molecule has 4 nitrogen and oxygen atoms in total. The summed E-state index contributed by atoms with van der Waals surface area (Å²) in [7, 11) is 1.57. The van der Waals surface area contributed by atoms with Crippen LogP contribution in [0.3, 0.4) is 0 Å². The second kappa shape index (κ2) is 5.64. The fourth-order valence-electron chi connectivity index (χ4n) is 2.72. The normalized spacial score (nSPS) is 10.9.